The molecule has 0 radical (unpaired) electrons. The van der Waals surface area contributed by atoms with Crippen molar-refractivity contribution in [1.29, 1.82) is 0 Å². The normalized spacial score (nSPS) is 25.6. The molecule has 0 spiro atoms. The Balaban J connectivity index is 1.95. The maximum atomic E-state index is 14.0. The van der Waals surface area contributed by atoms with Gasteiger partial charge in [-0.2, -0.15) is 0 Å². The number of amides is 1. The van der Waals surface area contributed by atoms with Crippen molar-refractivity contribution in [2.45, 2.75) is 51.1 Å². The molecule has 1 unspecified atom stereocenters. The largest absolute Gasteiger partial charge is 0.297 e. The number of ketones is 1. The second-order valence-corrected chi connectivity index (χ2v) is 6.23. The van der Waals surface area contributed by atoms with Gasteiger partial charge >= 0.3 is 0 Å². The molecule has 1 atom stereocenters. The SMILES string of the molecule is CCC12CCCCN1N(Cc1cccc(F)c1F)C(=O)CC2=O. The average molecular weight is 322 g/mol. The van der Waals surface area contributed by atoms with Gasteiger partial charge in [-0.25, -0.2) is 13.8 Å². The molecule has 6 heteroatoms. The average Bonchev–Trinajstić information content (AvgIpc) is 2.55. The number of hydrogen-bond acceptors (Lipinski definition) is 3. The number of hydrazine groups is 1. The summed E-state index contributed by atoms with van der Waals surface area (Å²) < 4.78 is 27.4. The molecule has 1 aromatic carbocycles. The first-order chi connectivity index (χ1) is 11.0. The highest BCUT2D eigenvalue weighted by Crippen LogP contribution is 2.38. The molecule has 2 aliphatic heterocycles. The van der Waals surface area contributed by atoms with E-state index < -0.39 is 17.2 Å². The molecule has 2 aliphatic rings. The van der Waals surface area contributed by atoms with E-state index in [4.69, 9.17) is 0 Å². The standard InChI is InChI=1S/C17H20F2N2O2/c1-2-17-8-3-4-9-21(17)20(15(23)10-14(17)22)11-12-6-5-7-13(18)16(12)19/h5-7H,2-4,8-11H2,1H3. The van der Waals surface area contributed by atoms with Crippen LogP contribution in [0.4, 0.5) is 8.78 Å². The fraction of sp³-hybridized carbons (Fsp3) is 0.529. The van der Waals surface area contributed by atoms with E-state index in [-0.39, 0.29) is 30.2 Å². The van der Waals surface area contributed by atoms with Crippen molar-refractivity contribution < 1.29 is 18.4 Å². The van der Waals surface area contributed by atoms with Crippen molar-refractivity contribution in [3.63, 3.8) is 0 Å². The number of Topliss-reactive ketones (excluding diaryl/α,β-unsaturated/α-hetero) is 1. The van der Waals surface area contributed by atoms with Crippen molar-refractivity contribution in [2.75, 3.05) is 6.54 Å². The Morgan fingerprint density at radius 1 is 1.22 bits per heavy atom. The molecule has 0 N–H and O–H groups in total. The second-order valence-electron chi connectivity index (χ2n) is 6.23. The van der Waals surface area contributed by atoms with Crippen LogP contribution in [0.25, 0.3) is 0 Å². The van der Waals surface area contributed by atoms with E-state index in [0.29, 0.717) is 19.4 Å². The summed E-state index contributed by atoms with van der Waals surface area (Å²) in [5.41, 5.74) is -0.543. The van der Waals surface area contributed by atoms with Crippen molar-refractivity contribution in [1.82, 2.24) is 10.0 Å². The highest BCUT2D eigenvalue weighted by atomic mass is 19.2. The molecule has 2 fully saturated rings. The van der Waals surface area contributed by atoms with Gasteiger partial charge in [-0.3, -0.25) is 14.6 Å². The molecule has 4 nitrogen and oxygen atoms in total. The molecule has 3 rings (SSSR count). The number of halogens is 2. The fourth-order valence-electron chi connectivity index (χ4n) is 3.75. The minimum absolute atomic E-state index is 0.0442. The van der Waals surface area contributed by atoms with Crippen molar-refractivity contribution in [3.05, 3.63) is 35.4 Å². The highest BCUT2D eigenvalue weighted by Gasteiger charge is 2.51. The molecule has 1 aromatic rings. The van der Waals surface area contributed by atoms with Crippen LogP contribution in [0, 0.1) is 11.6 Å². The lowest BCUT2D eigenvalue weighted by Gasteiger charge is -2.53. The van der Waals surface area contributed by atoms with Crippen LogP contribution in [0.3, 0.4) is 0 Å². The molecule has 0 saturated carbocycles. The maximum absolute atomic E-state index is 14.0. The minimum atomic E-state index is -0.934. The van der Waals surface area contributed by atoms with Gasteiger partial charge in [0.1, 0.15) is 0 Å². The molecule has 23 heavy (non-hydrogen) atoms. The monoisotopic (exact) mass is 322 g/mol. The lowest BCUT2D eigenvalue weighted by molar-refractivity contribution is -0.191. The summed E-state index contributed by atoms with van der Waals surface area (Å²) in [6, 6.07) is 3.95. The Morgan fingerprint density at radius 3 is 2.74 bits per heavy atom. The molecule has 0 bridgehead atoms. The second kappa shape index (κ2) is 6.00. The molecule has 0 aliphatic carbocycles. The van der Waals surface area contributed by atoms with E-state index in [2.05, 4.69) is 0 Å². The summed E-state index contributed by atoms with van der Waals surface area (Å²) in [4.78, 5) is 24.9. The summed E-state index contributed by atoms with van der Waals surface area (Å²) in [6.45, 7) is 2.48. The van der Waals surface area contributed by atoms with Crippen LogP contribution < -0.4 is 0 Å². The van der Waals surface area contributed by atoms with Gasteiger partial charge in [0.25, 0.3) is 0 Å². The van der Waals surface area contributed by atoms with Crippen molar-refractivity contribution >= 4 is 11.7 Å². The Kier molecular flexibility index (Phi) is 4.19. The molecular formula is C17H20F2N2O2. The Labute approximate surface area is 134 Å². The lowest BCUT2D eigenvalue weighted by atomic mass is 9.79. The Morgan fingerprint density at radius 2 is 2.00 bits per heavy atom. The van der Waals surface area contributed by atoms with Crippen LogP contribution in [0.5, 0.6) is 0 Å². The molecule has 2 saturated heterocycles. The number of nitrogens with zero attached hydrogens (tertiary/aromatic N) is 2. The fourth-order valence-corrected chi connectivity index (χ4v) is 3.75. The van der Waals surface area contributed by atoms with Crippen LogP contribution in [0.15, 0.2) is 18.2 Å². The van der Waals surface area contributed by atoms with Gasteiger partial charge in [-0.1, -0.05) is 19.1 Å². The summed E-state index contributed by atoms with van der Waals surface area (Å²) in [7, 11) is 0. The molecular weight excluding hydrogens is 302 g/mol. The van der Waals surface area contributed by atoms with E-state index in [0.717, 1.165) is 18.9 Å². The lowest BCUT2D eigenvalue weighted by Crippen LogP contribution is -2.68. The quantitative estimate of drug-likeness (QED) is 0.804. The summed E-state index contributed by atoms with van der Waals surface area (Å²) in [5, 5.41) is 3.25. The number of carbonyl (C=O) groups is 2. The zero-order valence-electron chi connectivity index (χ0n) is 13.1. The van der Waals surface area contributed by atoms with Crippen LogP contribution >= 0.6 is 0 Å². The topological polar surface area (TPSA) is 40.6 Å². The molecule has 0 aromatic heterocycles. The number of carbonyl (C=O) groups excluding carboxylic acids is 2. The molecule has 124 valence electrons. The zero-order valence-corrected chi connectivity index (χ0v) is 13.1. The van der Waals surface area contributed by atoms with Gasteiger partial charge in [0.05, 0.1) is 18.5 Å². The maximum Gasteiger partial charge on any atom is 0.244 e. The zero-order chi connectivity index (χ0) is 16.6. The minimum Gasteiger partial charge on any atom is -0.297 e. The van der Waals surface area contributed by atoms with Gasteiger partial charge in [-0.05, 0) is 31.7 Å². The summed E-state index contributed by atoms with van der Waals surface area (Å²) in [5.74, 6) is -2.26. The number of hydrogen-bond donors (Lipinski definition) is 0. The van der Waals surface area contributed by atoms with E-state index in [1.165, 1.54) is 17.1 Å². The van der Waals surface area contributed by atoms with Gasteiger partial charge in [0.15, 0.2) is 17.4 Å². The summed E-state index contributed by atoms with van der Waals surface area (Å²) in [6.07, 6.45) is 2.97. The van der Waals surface area contributed by atoms with Gasteiger partial charge in [-0.15, -0.1) is 0 Å². The van der Waals surface area contributed by atoms with Crippen LogP contribution in [0.1, 0.15) is 44.6 Å². The molecule has 2 heterocycles. The van der Waals surface area contributed by atoms with Crippen molar-refractivity contribution in [2.24, 2.45) is 0 Å². The Hall–Kier alpha value is -1.82. The predicted octanol–water partition coefficient (Wildman–Crippen LogP) is 2.82. The van der Waals surface area contributed by atoms with Gasteiger partial charge in [0, 0.05) is 12.1 Å². The van der Waals surface area contributed by atoms with E-state index in [1.54, 1.807) is 5.01 Å². The molecule has 1 amide bonds. The van der Waals surface area contributed by atoms with Gasteiger partial charge in [0.2, 0.25) is 5.91 Å². The highest BCUT2D eigenvalue weighted by molar-refractivity contribution is 6.04. The predicted molar refractivity (Wildman–Crippen MR) is 80.1 cm³/mol. The van der Waals surface area contributed by atoms with Gasteiger partial charge < -0.3 is 0 Å². The van der Waals surface area contributed by atoms with E-state index in [9.17, 15) is 18.4 Å². The smallest absolute Gasteiger partial charge is 0.244 e. The third-order valence-electron chi connectivity index (χ3n) is 5.05. The third-order valence-corrected chi connectivity index (χ3v) is 5.05. The third kappa shape index (κ3) is 2.55. The van der Waals surface area contributed by atoms with E-state index >= 15 is 0 Å². The van der Waals surface area contributed by atoms with Crippen LogP contribution in [-0.2, 0) is 16.1 Å². The first-order valence-corrected chi connectivity index (χ1v) is 8.03. The number of rotatable bonds is 3. The van der Waals surface area contributed by atoms with Crippen LogP contribution in [0.2, 0.25) is 0 Å². The van der Waals surface area contributed by atoms with Crippen LogP contribution in [-0.4, -0.2) is 33.8 Å². The number of piperidine rings is 1. The Bertz CT molecular complexity index is 649. The number of fused-ring (bicyclic) bond motifs is 1. The summed E-state index contributed by atoms with van der Waals surface area (Å²) >= 11 is 0. The first kappa shape index (κ1) is 16.1. The van der Waals surface area contributed by atoms with Crippen molar-refractivity contribution in [3.8, 4) is 0 Å². The van der Waals surface area contributed by atoms with E-state index in [1.807, 2.05) is 6.92 Å². The number of benzene rings is 1. The first-order valence-electron chi connectivity index (χ1n) is 8.03.